The number of likely N-dealkylation sites (tertiary alicyclic amines) is 1. The molecule has 1 aliphatic heterocycles. The van der Waals surface area contributed by atoms with Crippen LogP contribution in [0, 0.1) is 0 Å². The van der Waals surface area contributed by atoms with Crippen molar-refractivity contribution in [3.63, 3.8) is 0 Å². The van der Waals surface area contributed by atoms with Crippen LogP contribution in [0.5, 0.6) is 5.75 Å². The number of fused-ring (bicyclic) bond motifs is 2. The van der Waals surface area contributed by atoms with E-state index < -0.39 is 0 Å². The first kappa shape index (κ1) is 19.5. The van der Waals surface area contributed by atoms with Gasteiger partial charge in [-0.3, -0.25) is 9.20 Å². The summed E-state index contributed by atoms with van der Waals surface area (Å²) in [5, 5.41) is 10.9. The monoisotopic (exact) mass is 414 g/mol. The number of carbonyl (C=O) groups excluding carboxylic acids is 1. The van der Waals surface area contributed by atoms with Crippen LogP contribution in [0.1, 0.15) is 43.0 Å². The minimum atomic E-state index is -0.169. The van der Waals surface area contributed by atoms with E-state index in [2.05, 4.69) is 32.8 Å². The molecule has 2 aromatic heterocycles. The maximum atomic E-state index is 13.2. The molecule has 6 heteroatoms. The summed E-state index contributed by atoms with van der Waals surface area (Å²) >= 11 is 0. The summed E-state index contributed by atoms with van der Waals surface area (Å²) in [4.78, 5) is 15.2. The Morgan fingerprint density at radius 2 is 1.81 bits per heavy atom. The van der Waals surface area contributed by atoms with Crippen LogP contribution in [0.15, 0.2) is 60.8 Å². The van der Waals surface area contributed by atoms with E-state index in [-0.39, 0.29) is 11.8 Å². The van der Waals surface area contributed by atoms with Crippen LogP contribution >= 0.6 is 0 Å². The smallest absolute Gasteiger partial charge is 0.229 e. The zero-order valence-electron chi connectivity index (χ0n) is 17.9. The summed E-state index contributed by atoms with van der Waals surface area (Å²) in [7, 11) is 1.67. The van der Waals surface area contributed by atoms with Crippen LogP contribution in [-0.2, 0) is 4.79 Å². The molecule has 1 atom stereocenters. The van der Waals surface area contributed by atoms with Gasteiger partial charge in [-0.15, -0.1) is 10.2 Å². The standard InChI is InChI=1S/C25H26N4O2/c1-17(19-6-7-21-16-22(31-2)9-8-20(21)15-19)25(30)28-13-10-18(11-14-28)24-27-26-23-5-3-4-12-29(23)24/h3-9,12,15-18H,10-11,13-14H2,1-2H3/t17-/m1/s1. The predicted octanol–water partition coefficient (Wildman–Crippen LogP) is 4.40. The number of aromatic nitrogens is 3. The molecular weight excluding hydrogens is 388 g/mol. The minimum absolute atomic E-state index is 0.169. The molecule has 0 aliphatic carbocycles. The second kappa shape index (κ2) is 8.02. The average molecular weight is 415 g/mol. The van der Waals surface area contributed by atoms with Crippen molar-refractivity contribution in [2.75, 3.05) is 20.2 Å². The zero-order valence-corrected chi connectivity index (χ0v) is 17.9. The molecule has 1 amide bonds. The summed E-state index contributed by atoms with van der Waals surface area (Å²) in [6.45, 7) is 3.51. The Balaban J connectivity index is 1.28. The van der Waals surface area contributed by atoms with Crippen LogP contribution in [0.3, 0.4) is 0 Å². The Labute approximate surface area is 181 Å². The molecule has 1 aliphatic rings. The lowest BCUT2D eigenvalue weighted by Gasteiger charge is -2.33. The van der Waals surface area contributed by atoms with Gasteiger partial charge in [0.05, 0.1) is 13.0 Å². The molecule has 4 aromatic rings. The van der Waals surface area contributed by atoms with Gasteiger partial charge in [-0.1, -0.05) is 30.3 Å². The molecule has 0 saturated carbocycles. The molecular formula is C25H26N4O2. The summed E-state index contributed by atoms with van der Waals surface area (Å²) in [5.41, 5.74) is 1.92. The SMILES string of the molecule is COc1ccc2cc([C@@H](C)C(=O)N3CCC(c4nnc5ccccn45)CC3)ccc2c1. The molecule has 158 valence electrons. The number of methoxy groups -OCH3 is 1. The molecule has 0 spiro atoms. The van der Waals surface area contributed by atoms with Gasteiger partial charge in [0, 0.05) is 25.2 Å². The average Bonchev–Trinajstić information content (AvgIpc) is 3.26. The highest BCUT2D eigenvalue weighted by Crippen LogP contribution is 2.30. The van der Waals surface area contributed by atoms with E-state index in [4.69, 9.17) is 4.74 Å². The molecule has 3 heterocycles. The topological polar surface area (TPSA) is 59.7 Å². The van der Waals surface area contributed by atoms with Gasteiger partial charge in [-0.05, 0) is 60.4 Å². The first-order valence-electron chi connectivity index (χ1n) is 10.8. The number of hydrogen-bond acceptors (Lipinski definition) is 4. The number of carbonyl (C=O) groups is 1. The van der Waals surface area contributed by atoms with Crippen molar-refractivity contribution < 1.29 is 9.53 Å². The van der Waals surface area contributed by atoms with E-state index in [1.54, 1.807) is 7.11 Å². The Morgan fingerprint density at radius 3 is 2.61 bits per heavy atom. The molecule has 5 rings (SSSR count). The van der Waals surface area contributed by atoms with Gasteiger partial charge in [-0.2, -0.15) is 0 Å². The number of ether oxygens (including phenoxy) is 1. The van der Waals surface area contributed by atoms with E-state index in [0.29, 0.717) is 5.92 Å². The molecule has 0 radical (unpaired) electrons. The van der Waals surface area contributed by atoms with Crippen molar-refractivity contribution in [1.29, 1.82) is 0 Å². The van der Waals surface area contributed by atoms with Crippen LogP contribution in [0.25, 0.3) is 16.4 Å². The highest BCUT2D eigenvalue weighted by molar-refractivity contribution is 5.88. The quantitative estimate of drug-likeness (QED) is 0.497. The fraction of sp³-hybridized carbons (Fsp3) is 0.320. The molecule has 1 fully saturated rings. The van der Waals surface area contributed by atoms with Gasteiger partial charge in [-0.25, -0.2) is 0 Å². The van der Waals surface area contributed by atoms with E-state index in [1.807, 2.05) is 54.4 Å². The molecule has 1 saturated heterocycles. The van der Waals surface area contributed by atoms with E-state index >= 15 is 0 Å². The summed E-state index contributed by atoms with van der Waals surface area (Å²) < 4.78 is 7.37. The number of benzene rings is 2. The summed E-state index contributed by atoms with van der Waals surface area (Å²) in [5.74, 6) is 2.19. The Hall–Kier alpha value is -3.41. The largest absolute Gasteiger partial charge is 0.497 e. The van der Waals surface area contributed by atoms with E-state index in [0.717, 1.165) is 59.5 Å². The van der Waals surface area contributed by atoms with Gasteiger partial charge >= 0.3 is 0 Å². The third-order valence-electron chi connectivity index (χ3n) is 6.45. The normalized spacial score (nSPS) is 16.0. The molecule has 31 heavy (non-hydrogen) atoms. The Kier molecular flexibility index (Phi) is 5.06. The second-order valence-corrected chi connectivity index (χ2v) is 8.28. The van der Waals surface area contributed by atoms with E-state index in [9.17, 15) is 4.79 Å². The maximum absolute atomic E-state index is 13.2. The fourth-order valence-electron chi connectivity index (χ4n) is 4.55. The van der Waals surface area contributed by atoms with Crippen LogP contribution in [0.4, 0.5) is 0 Å². The van der Waals surface area contributed by atoms with Crippen molar-refractivity contribution in [3.05, 3.63) is 72.2 Å². The third kappa shape index (κ3) is 3.63. The van der Waals surface area contributed by atoms with Crippen molar-refractivity contribution >= 4 is 22.3 Å². The lowest BCUT2D eigenvalue weighted by Crippen LogP contribution is -2.40. The molecule has 0 bridgehead atoms. The summed E-state index contributed by atoms with van der Waals surface area (Å²) in [6, 6.07) is 18.2. The van der Waals surface area contributed by atoms with Gasteiger partial charge in [0.25, 0.3) is 0 Å². The van der Waals surface area contributed by atoms with Gasteiger partial charge in [0.2, 0.25) is 5.91 Å². The first-order chi connectivity index (χ1) is 15.1. The van der Waals surface area contributed by atoms with Crippen molar-refractivity contribution in [1.82, 2.24) is 19.5 Å². The number of amides is 1. The van der Waals surface area contributed by atoms with Gasteiger partial charge in [0.1, 0.15) is 11.6 Å². The van der Waals surface area contributed by atoms with Crippen molar-refractivity contribution in [2.45, 2.75) is 31.6 Å². The Morgan fingerprint density at radius 1 is 1.03 bits per heavy atom. The van der Waals surface area contributed by atoms with Gasteiger partial charge in [0.15, 0.2) is 5.65 Å². The Bertz CT molecular complexity index is 1240. The molecule has 2 aromatic carbocycles. The van der Waals surface area contributed by atoms with Crippen LogP contribution in [-0.4, -0.2) is 45.6 Å². The van der Waals surface area contributed by atoms with Crippen LogP contribution in [0.2, 0.25) is 0 Å². The first-order valence-corrected chi connectivity index (χ1v) is 10.8. The van der Waals surface area contributed by atoms with Crippen molar-refractivity contribution in [3.8, 4) is 5.75 Å². The second-order valence-electron chi connectivity index (χ2n) is 8.28. The number of piperidine rings is 1. The zero-order chi connectivity index (χ0) is 21.4. The minimum Gasteiger partial charge on any atom is -0.497 e. The highest BCUT2D eigenvalue weighted by Gasteiger charge is 2.29. The van der Waals surface area contributed by atoms with Crippen LogP contribution < -0.4 is 4.74 Å². The number of nitrogens with zero attached hydrogens (tertiary/aromatic N) is 4. The molecule has 6 nitrogen and oxygen atoms in total. The fourth-order valence-corrected chi connectivity index (χ4v) is 4.55. The molecule has 0 unspecified atom stereocenters. The lowest BCUT2D eigenvalue weighted by atomic mass is 9.92. The highest BCUT2D eigenvalue weighted by atomic mass is 16.5. The molecule has 0 N–H and O–H groups in total. The number of hydrogen-bond donors (Lipinski definition) is 0. The number of rotatable bonds is 4. The lowest BCUT2D eigenvalue weighted by molar-refractivity contribution is -0.133. The summed E-state index contributed by atoms with van der Waals surface area (Å²) in [6.07, 6.45) is 3.83. The maximum Gasteiger partial charge on any atom is 0.229 e. The predicted molar refractivity (Wildman–Crippen MR) is 120 cm³/mol. The van der Waals surface area contributed by atoms with E-state index in [1.165, 1.54) is 0 Å². The van der Waals surface area contributed by atoms with Gasteiger partial charge < -0.3 is 9.64 Å². The third-order valence-corrected chi connectivity index (χ3v) is 6.45. The van der Waals surface area contributed by atoms with Crippen molar-refractivity contribution in [2.24, 2.45) is 0 Å². The number of pyridine rings is 1.